The molecule has 1 fully saturated rings. The van der Waals surface area contributed by atoms with E-state index in [4.69, 9.17) is 5.73 Å². The fraction of sp³-hybridized carbons (Fsp3) is 0.345. The van der Waals surface area contributed by atoms with Gasteiger partial charge in [0, 0.05) is 65.9 Å². The van der Waals surface area contributed by atoms with Crippen molar-refractivity contribution in [3.8, 4) is 22.3 Å². The van der Waals surface area contributed by atoms with Gasteiger partial charge in [-0.1, -0.05) is 38.6 Å². The maximum atomic E-state index is 15.4. The third-order valence-corrected chi connectivity index (χ3v) is 7.55. The van der Waals surface area contributed by atoms with E-state index in [-0.39, 0.29) is 16.9 Å². The first kappa shape index (κ1) is 24.3. The van der Waals surface area contributed by atoms with E-state index in [1.54, 1.807) is 12.1 Å². The van der Waals surface area contributed by atoms with Crippen LogP contribution in [-0.4, -0.2) is 49.2 Å². The average Bonchev–Trinajstić information content (AvgIpc) is 2.84. The maximum absolute atomic E-state index is 15.4. The first-order valence-corrected chi connectivity index (χ1v) is 12.5. The molecule has 188 valence electrons. The first-order valence-electron chi connectivity index (χ1n) is 12.5. The van der Waals surface area contributed by atoms with Gasteiger partial charge in [-0.05, 0) is 54.8 Å². The summed E-state index contributed by atoms with van der Waals surface area (Å²) in [5.41, 5.74) is 11.7. The molecule has 1 atom stereocenters. The van der Waals surface area contributed by atoms with Crippen molar-refractivity contribution in [2.75, 3.05) is 43.9 Å². The minimum absolute atomic E-state index is 0.0816. The third kappa shape index (κ3) is 4.44. The lowest BCUT2D eigenvalue weighted by molar-refractivity contribution is 0.173. The highest BCUT2D eigenvalue weighted by Crippen LogP contribution is 2.36. The number of nitrogen functional groups attached to an aromatic ring is 1. The van der Waals surface area contributed by atoms with E-state index in [2.05, 4.69) is 47.6 Å². The number of anilines is 2. The van der Waals surface area contributed by atoms with E-state index in [0.717, 1.165) is 60.7 Å². The number of likely N-dealkylation sites (N-methyl/N-ethyl adjacent to an activating group) is 1. The number of halogens is 2. The minimum atomic E-state index is -0.780. The van der Waals surface area contributed by atoms with E-state index < -0.39 is 11.8 Å². The fourth-order valence-electron chi connectivity index (χ4n) is 5.40. The quantitative estimate of drug-likeness (QED) is 0.496. The van der Waals surface area contributed by atoms with Crippen LogP contribution in [0.2, 0.25) is 0 Å². The number of aromatic nitrogens is 1. The van der Waals surface area contributed by atoms with Gasteiger partial charge < -0.3 is 16.0 Å². The highest BCUT2D eigenvalue weighted by atomic mass is 19.1. The summed E-state index contributed by atoms with van der Waals surface area (Å²) in [6.45, 7) is 11.8. The number of nitrogens with one attached hydrogen (secondary N) is 1. The Balaban J connectivity index is 1.48. The van der Waals surface area contributed by atoms with Gasteiger partial charge in [0.15, 0.2) is 0 Å². The number of piperazine rings is 1. The van der Waals surface area contributed by atoms with Crippen LogP contribution in [0, 0.1) is 17.7 Å². The van der Waals surface area contributed by atoms with E-state index >= 15 is 4.39 Å². The predicted molar refractivity (Wildman–Crippen MR) is 144 cm³/mol. The number of hydrogen-bond acceptors (Lipinski definition) is 5. The predicted octanol–water partition coefficient (Wildman–Crippen LogP) is 5.17. The van der Waals surface area contributed by atoms with Crippen LogP contribution >= 0.6 is 0 Å². The molecule has 2 aliphatic heterocycles. The fourth-order valence-corrected chi connectivity index (χ4v) is 5.40. The van der Waals surface area contributed by atoms with E-state index in [1.165, 1.54) is 6.07 Å². The molecule has 0 aliphatic carbocycles. The summed E-state index contributed by atoms with van der Waals surface area (Å²) in [5, 5.41) is 3.26. The molecule has 2 aliphatic rings. The number of fused-ring (bicyclic) bond motifs is 1. The number of benzene rings is 2. The van der Waals surface area contributed by atoms with Crippen LogP contribution in [0.3, 0.4) is 0 Å². The molecule has 0 bridgehead atoms. The van der Waals surface area contributed by atoms with Gasteiger partial charge in [0.05, 0.1) is 0 Å². The largest absolute Gasteiger partial charge is 0.385 e. The van der Waals surface area contributed by atoms with Crippen molar-refractivity contribution in [1.29, 1.82) is 0 Å². The lowest BCUT2D eigenvalue weighted by atomic mass is 9.93. The third-order valence-electron chi connectivity index (χ3n) is 7.55. The Morgan fingerprint density at radius 2 is 1.81 bits per heavy atom. The standard InChI is InChI=1S/C29H33F2N5/c1-17(2)27-16-36(12-11-35(27)4)21-6-8-23(26(30)14-21)25-15-24(29(32)34-28(25)31)19-5-7-22-18(3)33-10-9-20(22)13-19/h5-8,13-15,17,27,33H,3,9-12,16H2,1-2,4H3,(H2,32,34). The highest BCUT2D eigenvalue weighted by Gasteiger charge is 2.27. The molecular formula is C29H33F2N5. The van der Waals surface area contributed by atoms with Crippen molar-refractivity contribution in [3.63, 3.8) is 0 Å². The van der Waals surface area contributed by atoms with Crippen LogP contribution in [0.4, 0.5) is 20.3 Å². The number of hydrogen-bond donors (Lipinski definition) is 2. The van der Waals surface area contributed by atoms with Gasteiger partial charge in [0.2, 0.25) is 5.95 Å². The van der Waals surface area contributed by atoms with Gasteiger partial charge >= 0.3 is 0 Å². The molecule has 3 N–H and O–H groups in total. The molecule has 3 heterocycles. The molecule has 7 heteroatoms. The molecule has 36 heavy (non-hydrogen) atoms. The number of pyridine rings is 1. The molecule has 2 aromatic carbocycles. The summed E-state index contributed by atoms with van der Waals surface area (Å²) in [4.78, 5) is 8.50. The van der Waals surface area contributed by atoms with Gasteiger partial charge in [-0.15, -0.1) is 0 Å². The van der Waals surface area contributed by atoms with E-state index in [9.17, 15) is 4.39 Å². The zero-order chi connectivity index (χ0) is 25.6. The number of nitrogens with two attached hydrogens (primary N) is 1. The SMILES string of the molecule is C=C1NCCc2cc(-c3cc(-c4ccc(N5CCN(C)C(C(C)C)C5)cc4F)c(F)nc3N)ccc21. The second-order valence-electron chi connectivity index (χ2n) is 10.2. The smallest absolute Gasteiger partial charge is 0.222 e. The number of rotatable bonds is 4. The van der Waals surface area contributed by atoms with Crippen LogP contribution in [0.25, 0.3) is 28.0 Å². The van der Waals surface area contributed by atoms with Crippen molar-refractivity contribution < 1.29 is 8.78 Å². The Morgan fingerprint density at radius 3 is 2.56 bits per heavy atom. The van der Waals surface area contributed by atoms with Crippen LogP contribution in [0.15, 0.2) is 49.0 Å². The minimum Gasteiger partial charge on any atom is -0.385 e. The summed E-state index contributed by atoms with van der Waals surface area (Å²) in [7, 11) is 2.13. The van der Waals surface area contributed by atoms with Crippen LogP contribution in [0.5, 0.6) is 0 Å². The topological polar surface area (TPSA) is 57.4 Å². The molecule has 1 saturated heterocycles. The highest BCUT2D eigenvalue weighted by molar-refractivity contribution is 5.82. The van der Waals surface area contributed by atoms with Crippen LogP contribution in [-0.2, 0) is 6.42 Å². The molecule has 5 nitrogen and oxygen atoms in total. The summed E-state index contributed by atoms with van der Waals surface area (Å²) in [6, 6.07) is 13.0. The Morgan fingerprint density at radius 1 is 1.03 bits per heavy atom. The van der Waals surface area contributed by atoms with Gasteiger partial charge in [0.1, 0.15) is 11.6 Å². The van der Waals surface area contributed by atoms with Crippen LogP contribution in [0.1, 0.15) is 25.0 Å². The Hall–Kier alpha value is -3.45. The average molecular weight is 490 g/mol. The Labute approximate surface area is 211 Å². The molecule has 0 saturated carbocycles. The van der Waals surface area contributed by atoms with Gasteiger partial charge in [-0.3, -0.25) is 4.90 Å². The second-order valence-corrected chi connectivity index (χ2v) is 10.2. The van der Waals surface area contributed by atoms with Crippen LogP contribution < -0.4 is 16.0 Å². The zero-order valence-electron chi connectivity index (χ0n) is 21.1. The van der Waals surface area contributed by atoms with Gasteiger partial charge in [-0.2, -0.15) is 4.39 Å². The molecule has 5 rings (SSSR count). The summed E-state index contributed by atoms with van der Waals surface area (Å²) < 4.78 is 30.4. The molecular weight excluding hydrogens is 456 g/mol. The molecule has 1 aromatic heterocycles. The monoisotopic (exact) mass is 489 g/mol. The molecule has 0 radical (unpaired) electrons. The van der Waals surface area contributed by atoms with Crippen molar-refractivity contribution in [2.45, 2.75) is 26.3 Å². The van der Waals surface area contributed by atoms with Gasteiger partial charge in [-0.25, -0.2) is 9.37 Å². The number of nitrogens with zero attached hydrogens (tertiary/aromatic N) is 3. The zero-order valence-corrected chi connectivity index (χ0v) is 21.1. The van der Waals surface area contributed by atoms with Crippen molar-refractivity contribution >= 4 is 17.2 Å². The van der Waals surface area contributed by atoms with Crippen molar-refractivity contribution in [2.24, 2.45) is 5.92 Å². The lowest BCUT2D eigenvalue weighted by Crippen LogP contribution is -2.53. The first-order chi connectivity index (χ1) is 17.2. The molecule has 1 unspecified atom stereocenters. The van der Waals surface area contributed by atoms with E-state index in [0.29, 0.717) is 17.5 Å². The normalized spacial score (nSPS) is 18.3. The molecule has 0 amide bonds. The Kier molecular flexibility index (Phi) is 6.43. The second kappa shape index (κ2) is 9.54. The van der Waals surface area contributed by atoms with Crippen molar-refractivity contribution in [1.82, 2.24) is 15.2 Å². The Bertz CT molecular complexity index is 1320. The molecule has 3 aromatic rings. The van der Waals surface area contributed by atoms with E-state index in [1.807, 2.05) is 24.3 Å². The van der Waals surface area contributed by atoms with Crippen molar-refractivity contribution in [3.05, 3.63) is 71.9 Å². The molecule has 0 spiro atoms. The summed E-state index contributed by atoms with van der Waals surface area (Å²) >= 11 is 0. The summed E-state index contributed by atoms with van der Waals surface area (Å²) in [6.07, 6.45) is 0.851. The maximum Gasteiger partial charge on any atom is 0.222 e. The lowest BCUT2D eigenvalue weighted by Gasteiger charge is -2.42. The van der Waals surface area contributed by atoms with Gasteiger partial charge in [0.25, 0.3) is 0 Å². The summed E-state index contributed by atoms with van der Waals surface area (Å²) in [5.74, 6) is -0.680.